The maximum Gasteiger partial charge on any atom is 0.0467 e. The van der Waals surface area contributed by atoms with Gasteiger partial charge >= 0.3 is 0 Å². The third-order valence-corrected chi connectivity index (χ3v) is 19.4. The minimum atomic E-state index is 0.000227. The summed E-state index contributed by atoms with van der Waals surface area (Å²) in [6.07, 6.45) is 21.4. The Morgan fingerprint density at radius 3 is 1.09 bits per heavy atom. The maximum atomic E-state index is 2.59. The quantitative estimate of drug-likeness (QED) is 0.0433. The minimum Gasteiger partial charge on any atom is -0.310 e. The number of fused-ring (bicyclic) bond motifs is 3. The van der Waals surface area contributed by atoms with Crippen LogP contribution < -0.4 is 14.7 Å². The van der Waals surface area contributed by atoms with Crippen molar-refractivity contribution >= 4 is 51.2 Å². The predicted molar refractivity (Wildman–Crippen MR) is 397 cm³/mol. The Morgan fingerprint density at radius 2 is 0.598 bits per heavy atom. The average molecular weight is 1200 g/mol. The number of para-hydroxylation sites is 3. The molecule has 0 bridgehead atoms. The van der Waals surface area contributed by atoms with E-state index >= 15 is 0 Å². The molecule has 0 saturated carbocycles. The van der Waals surface area contributed by atoms with E-state index in [4.69, 9.17) is 0 Å². The molecule has 0 fully saturated rings. The van der Waals surface area contributed by atoms with E-state index in [0.717, 1.165) is 40.5 Å². The summed E-state index contributed by atoms with van der Waals surface area (Å²) in [5.74, 6) is 0. The van der Waals surface area contributed by atoms with Crippen LogP contribution in [0.25, 0.3) is 44.5 Å². The zero-order valence-corrected chi connectivity index (χ0v) is 55.3. The van der Waals surface area contributed by atoms with Crippen LogP contribution in [-0.4, -0.2) is 0 Å². The van der Waals surface area contributed by atoms with Crippen molar-refractivity contribution in [3.63, 3.8) is 0 Å². The van der Waals surface area contributed by atoms with E-state index in [2.05, 4.69) is 316 Å². The van der Waals surface area contributed by atoms with Crippen molar-refractivity contribution in [2.45, 2.75) is 149 Å². The van der Waals surface area contributed by atoms with Gasteiger partial charge in [0.15, 0.2) is 0 Å². The van der Waals surface area contributed by atoms with Crippen molar-refractivity contribution in [2.75, 3.05) is 14.7 Å². The van der Waals surface area contributed by atoms with Gasteiger partial charge in [-0.3, -0.25) is 0 Å². The first kappa shape index (κ1) is 63.0. The fourth-order valence-electron chi connectivity index (χ4n) is 14.7. The van der Waals surface area contributed by atoms with Crippen molar-refractivity contribution in [3.8, 4) is 44.5 Å². The molecule has 0 radical (unpaired) electrons. The number of hydrogen-bond donors (Lipinski definition) is 0. The highest BCUT2D eigenvalue weighted by atomic mass is 15.2. The fraction of sp³-hybridized carbons (Fsp3) is 0.258. The van der Waals surface area contributed by atoms with Gasteiger partial charge in [0.1, 0.15) is 0 Å². The van der Waals surface area contributed by atoms with Crippen molar-refractivity contribution < 1.29 is 0 Å². The number of rotatable bonds is 29. The smallest absolute Gasteiger partial charge is 0.0467 e. The highest BCUT2D eigenvalue weighted by Gasteiger charge is 2.42. The molecule has 0 saturated heterocycles. The maximum absolute atomic E-state index is 2.59. The first-order chi connectivity index (χ1) is 45.3. The molecule has 1 aliphatic rings. The van der Waals surface area contributed by atoms with Crippen molar-refractivity contribution in [1.82, 2.24) is 0 Å². The summed E-state index contributed by atoms with van der Waals surface area (Å²) in [7, 11) is 0. The highest BCUT2D eigenvalue weighted by molar-refractivity contribution is 5.89. The third-order valence-electron chi connectivity index (χ3n) is 19.4. The highest BCUT2D eigenvalue weighted by Crippen LogP contribution is 2.56. The summed E-state index contributed by atoms with van der Waals surface area (Å²) in [5.41, 5.74) is 27.3. The monoisotopic (exact) mass is 1200 g/mol. The van der Waals surface area contributed by atoms with E-state index in [0.29, 0.717) is 0 Å². The van der Waals surface area contributed by atoms with Gasteiger partial charge in [0, 0.05) is 56.6 Å². The van der Waals surface area contributed by atoms with Gasteiger partial charge in [0.05, 0.1) is 0 Å². The Morgan fingerprint density at radius 1 is 0.250 bits per heavy atom. The van der Waals surface area contributed by atoms with E-state index in [9.17, 15) is 0 Å². The van der Waals surface area contributed by atoms with Crippen LogP contribution in [-0.2, 0) is 11.8 Å². The number of nitrogens with zero attached hydrogens (tertiary/aromatic N) is 3. The van der Waals surface area contributed by atoms with E-state index in [1.807, 2.05) is 0 Å². The summed E-state index contributed by atoms with van der Waals surface area (Å²) in [5, 5.41) is 0. The van der Waals surface area contributed by atoms with Gasteiger partial charge in [-0.25, -0.2) is 0 Å². The molecule has 0 atom stereocenters. The molecule has 3 heteroatoms. The lowest BCUT2D eigenvalue weighted by molar-refractivity contribution is 0.401. The van der Waals surface area contributed by atoms with Crippen molar-refractivity contribution in [1.29, 1.82) is 0 Å². The second-order valence-electron chi connectivity index (χ2n) is 25.9. The van der Waals surface area contributed by atoms with E-state index in [1.54, 1.807) is 0 Å². The van der Waals surface area contributed by atoms with E-state index in [1.165, 1.54) is 192 Å². The summed E-state index contributed by atoms with van der Waals surface area (Å²) in [6.45, 7) is 11.5. The van der Waals surface area contributed by atoms with Crippen LogP contribution in [0.3, 0.4) is 0 Å². The van der Waals surface area contributed by atoms with Crippen LogP contribution in [0.4, 0.5) is 51.2 Å². The Kier molecular flexibility index (Phi) is 20.7. The topological polar surface area (TPSA) is 9.72 Å². The molecule has 1 aliphatic carbocycles. The Labute approximate surface area is 551 Å². The third kappa shape index (κ3) is 14.1. The van der Waals surface area contributed by atoms with Crippen molar-refractivity contribution in [3.05, 3.63) is 295 Å². The summed E-state index contributed by atoms with van der Waals surface area (Å²) in [4.78, 5) is 7.29. The Hall–Kier alpha value is -9.18. The normalized spacial score (nSPS) is 12.1. The van der Waals surface area contributed by atoms with Crippen LogP contribution >= 0.6 is 0 Å². The zero-order valence-electron chi connectivity index (χ0n) is 55.3. The largest absolute Gasteiger partial charge is 0.310 e. The molecular formula is C89H93N3. The fourth-order valence-corrected chi connectivity index (χ4v) is 14.7. The van der Waals surface area contributed by atoms with Crippen molar-refractivity contribution in [2.24, 2.45) is 0 Å². The molecule has 0 amide bonds. The van der Waals surface area contributed by atoms with Crippen LogP contribution in [0.1, 0.15) is 151 Å². The molecule has 0 heterocycles. The molecule has 0 unspecified atom stereocenters. The van der Waals surface area contributed by atoms with Gasteiger partial charge in [-0.1, -0.05) is 256 Å². The van der Waals surface area contributed by atoms with Gasteiger partial charge in [-0.2, -0.15) is 0 Å². The zero-order chi connectivity index (χ0) is 63.1. The average Bonchev–Trinajstić information content (AvgIpc) is 1.56. The van der Waals surface area contributed by atoms with Gasteiger partial charge in [0.25, 0.3) is 0 Å². The first-order valence-electron chi connectivity index (χ1n) is 34.8. The minimum absolute atomic E-state index is 0.000227. The SMILES string of the molecule is CCCCCCCCc1ccc(N(c2cccc(-c3cccc(-c4cccc(N(c5ccccc5)c5ccccc5)c4)c3)c2)c2ccc(-c3ccc(N(c4ccccc4)c4ccc5c(c4)C(CCCCCC)(CCCCCC)c4ccccc4-5)cc3C)c(C)c2)cc1. The number of aryl methyl sites for hydroxylation is 3. The molecular weight excluding hydrogens is 1110 g/mol. The standard InChI is InChI=1S/C89H93N3/c1-6-9-12-15-16-20-34-69-49-51-77(52-50-69)92(79-46-33-38-73(65-79)71-36-31-35-70(63-71)72-37-32-45-78(64-72)90(74-39-21-17-22-40-74)75-41-23-18-24-42-75)81-54-57-84(68(5)62-81)83-56-53-80(61-67(83)4)91(76-43-25-19-26-44-76)82-55-58-86-85-47-27-28-48-87(85)89(88(86)66-82,59-29-13-10-7-2)60-30-14-11-8-3/h17-19,21-28,31-33,35-58,61-66H,6-16,20,29-30,34,59-60H2,1-5H3. The molecule has 0 spiro atoms. The molecule has 464 valence electrons. The van der Waals surface area contributed by atoms with Gasteiger partial charge in [0.2, 0.25) is 0 Å². The first-order valence-corrected chi connectivity index (χ1v) is 34.8. The summed E-state index contributed by atoms with van der Waals surface area (Å²) in [6, 6.07) is 99.9. The number of benzene rings is 11. The van der Waals surface area contributed by atoms with Gasteiger partial charge < -0.3 is 14.7 Å². The number of anilines is 9. The molecule has 3 nitrogen and oxygen atoms in total. The lowest BCUT2D eigenvalue weighted by atomic mass is 9.70. The number of hydrogen-bond acceptors (Lipinski definition) is 3. The van der Waals surface area contributed by atoms with Gasteiger partial charge in [-0.15, -0.1) is 0 Å². The molecule has 11 aromatic carbocycles. The van der Waals surface area contributed by atoms with Crippen LogP contribution in [0.15, 0.2) is 267 Å². The molecule has 92 heavy (non-hydrogen) atoms. The van der Waals surface area contributed by atoms with Crippen LogP contribution in [0.5, 0.6) is 0 Å². The molecule has 0 aliphatic heterocycles. The lowest BCUT2D eigenvalue weighted by Gasteiger charge is -2.34. The molecule has 0 N–H and O–H groups in total. The van der Waals surface area contributed by atoms with E-state index < -0.39 is 0 Å². The molecule has 12 rings (SSSR count). The molecule has 11 aromatic rings. The summed E-state index contributed by atoms with van der Waals surface area (Å²) >= 11 is 0. The Balaban J connectivity index is 0.873. The second-order valence-corrected chi connectivity index (χ2v) is 25.9. The van der Waals surface area contributed by atoms with Crippen LogP contribution in [0.2, 0.25) is 0 Å². The summed E-state index contributed by atoms with van der Waals surface area (Å²) < 4.78 is 0. The molecule has 0 aromatic heterocycles. The Bertz CT molecular complexity index is 4110. The number of unbranched alkanes of at least 4 members (excludes halogenated alkanes) is 11. The second kappa shape index (κ2) is 30.3. The predicted octanol–water partition coefficient (Wildman–Crippen LogP) is 26.8. The van der Waals surface area contributed by atoms with E-state index in [-0.39, 0.29) is 5.41 Å². The van der Waals surface area contributed by atoms with Gasteiger partial charge in [-0.05, 0) is 227 Å². The van der Waals surface area contributed by atoms with Crippen LogP contribution in [0, 0.1) is 13.8 Å². The lowest BCUT2D eigenvalue weighted by Crippen LogP contribution is -2.26.